The van der Waals surface area contributed by atoms with Gasteiger partial charge < -0.3 is 10.1 Å². The molecule has 0 bridgehead atoms. The van der Waals surface area contributed by atoms with Crippen molar-refractivity contribution < 1.29 is 19.4 Å². The molecule has 0 spiro atoms. The largest absolute Gasteiger partial charge is 0.490 e. The van der Waals surface area contributed by atoms with Gasteiger partial charge in [0.25, 0.3) is 11.6 Å². The molecule has 9 nitrogen and oxygen atoms in total. The molecule has 118 valence electrons. The highest BCUT2D eigenvalue weighted by Gasteiger charge is 2.20. The molecule has 23 heavy (non-hydrogen) atoms. The molecule has 0 aromatic heterocycles. The van der Waals surface area contributed by atoms with Crippen LogP contribution in [0.1, 0.15) is 10.4 Å². The fraction of sp³-hybridized carbons (Fsp3) is 0.0714. The first-order valence-corrected chi connectivity index (χ1v) is 6.31. The van der Waals surface area contributed by atoms with Crippen LogP contribution in [0.4, 0.5) is 17.1 Å². The standard InChI is InChI=1S/C14H11N3O6/c1-23-13-7-6-9(8-12(13)17(21)22)14(18)15-10-4-2-3-5-11(10)16(19)20/h2-8H,1H3,(H,15,18). The minimum atomic E-state index is -0.704. The van der Waals surface area contributed by atoms with E-state index in [-0.39, 0.29) is 28.4 Å². The number of nitrogens with zero attached hydrogens (tertiary/aromatic N) is 2. The molecule has 2 rings (SSSR count). The van der Waals surface area contributed by atoms with Crippen LogP contribution in [0.3, 0.4) is 0 Å². The van der Waals surface area contributed by atoms with E-state index >= 15 is 0 Å². The summed E-state index contributed by atoms with van der Waals surface area (Å²) in [5.41, 5.74) is -0.664. The zero-order valence-electron chi connectivity index (χ0n) is 11.9. The maximum atomic E-state index is 12.2. The van der Waals surface area contributed by atoms with Crippen molar-refractivity contribution in [3.05, 3.63) is 68.3 Å². The van der Waals surface area contributed by atoms with Crippen LogP contribution >= 0.6 is 0 Å². The van der Waals surface area contributed by atoms with Crippen LogP contribution in [-0.4, -0.2) is 22.9 Å². The van der Waals surface area contributed by atoms with Crippen LogP contribution in [0, 0.1) is 20.2 Å². The summed E-state index contributed by atoms with van der Waals surface area (Å²) in [6.07, 6.45) is 0. The number of anilines is 1. The summed E-state index contributed by atoms with van der Waals surface area (Å²) in [7, 11) is 1.27. The lowest BCUT2D eigenvalue weighted by Gasteiger charge is -2.07. The Morgan fingerprint density at radius 3 is 2.30 bits per heavy atom. The number of nitro benzene ring substituents is 2. The first kappa shape index (κ1) is 15.9. The predicted molar refractivity (Wildman–Crippen MR) is 80.7 cm³/mol. The zero-order valence-corrected chi connectivity index (χ0v) is 11.9. The summed E-state index contributed by atoms with van der Waals surface area (Å²) in [6.45, 7) is 0. The summed E-state index contributed by atoms with van der Waals surface area (Å²) in [5, 5.41) is 24.2. The maximum Gasteiger partial charge on any atom is 0.311 e. The number of rotatable bonds is 5. The van der Waals surface area contributed by atoms with E-state index in [2.05, 4.69) is 5.32 Å². The number of carbonyl (C=O) groups is 1. The number of methoxy groups -OCH3 is 1. The van der Waals surface area contributed by atoms with Crippen molar-refractivity contribution in [3.63, 3.8) is 0 Å². The Bertz CT molecular complexity index is 790. The van der Waals surface area contributed by atoms with E-state index in [0.717, 1.165) is 6.07 Å². The van der Waals surface area contributed by atoms with Crippen molar-refractivity contribution in [1.82, 2.24) is 0 Å². The molecule has 0 saturated heterocycles. The van der Waals surface area contributed by atoms with E-state index in [1.165, 1.54) is 43.5 Å². The molecular formula is C14H11N3O6. The molecule has 0 aliphatic rings. The molecule has 2 aromatic carbocycles. The van der Waals surface area contributed by atoms with E-state index in [0.29, 0.717) is 0 Å². The average molecular weight is 317 g/mol. The third-order valence-corrected chi connectivity index (χ3v) is 2.99. The van der Waals surface area contributed by atoms with Crippen LogP contribution in [-0.2, 0) is 0 Å². The quantitative estimate of drug-likeness (QED) is 0.667. The molecule has 0 unspecified atom stereocenters. The van der Waals surface area contributed by atoms with E-state index in [9.17, 15) is 25.0 Å². The van der Waals surface area contributed by atoms with Crippen LogP contribution in [0.15, 0.2) is 42.5 Å². The van der Waals surface area contributed by atoms with Crippen molar-refractivity contribution in [2.45, 2.75) is 0 Å². The second-order valence-electron chi connectivity index (χ2n) is 4.37. The smallest absolute Gasteiger partial charge is 0.311 e. The van der Waals surface area contributed by atoms with Crippen LogP contribution in [0.2, 0.25) is 0 Å². The minimum absolute atomic E-state index is 0.000899. The van der Waals surface area contributed by atoms with Crippen molar-refractivity contribution in [2.75, 3.05) is 12.4 Å². The molecular weight excluding hydrogens is 306 g/mol. The first-order valence-electron chi connectivity index (χ1n) is 6.31. The zero-order chi connectivity index (χ0) is 17.0. The van der Waals surface area contributed by atoms with E-state index in [4.69, 9.17) is 4.74 Å². The van der Waals surface area contributed by atoms with E-state index in [1.54, 1.807) is 0 Å². The number of hydrogen-bond acceptors (Lipinski definition) is 6. The molecule has 0 heterocycles. The number of carbonyl (C=O) groups excluding carboxylic acids is 1. The topological polar surface area (TPSA) is 125 Å². The normalized spacial score (nSPS) is 9.96. The fourth-order valence-electron chi connectivity index (χ4n) is 1.91. The van der Waals surface area contributed by atoms with Gasteiger partial charge in [-0.2, -0.15) is 0 Å². The van der Waals surface area contributed by atoms with Crippen LogP contribution in [0.25, 0.3) is 0 Å². The highest BCUT2D eigenvalue weighted by Crippen LogP contribution is 2.29. The van der Waals surface area contributed by atoms with Gasteiger partial charge in [-0.15, -0.1) is 0 Å². The van der Waals surface area contributed by atoms with Gasteiger partial charge in [0.2, 0.25) is 0 Å². The lowest BCUT2D eigenvalue weighted by atomic mass is 10.1. The highest BCUT2D eigenvalue weighted by atomic mass is 16.6. The first-order chi connectivity index (χ1) is 10.9. The minimum Gasteiger partial charge on any atom is -0.490 e. The molecule has 1 N–H and O–H groups in total. The third-order valence-electron chi connectivity index (χ3n) is 2.99. The molecule has 0 radical (unpaired) electrons. The Morgan fingerprint density at radius 1 is 1.04 bits per heavy atom. The molecule has 0 fully saturated rings. The molecule has 2 aromatic rings. The summed E-state index contributed by atoms with van der Waals surface area (Å²) < 4.78 is 4.85. The Kier molecular flexibility index (Phi) is 4.50. The van der Waals surface area contributed by atoms with Gasteiger partial charge in [-0.25, -0.2) is 0 Å². The van der Waals surface area contributed by atoms with Gasteiger partial charge in [-0.05, 0) is 18.2 Å². The van der Waals surface area contributed by atoms with Crippen molar-refractivity contribution in [1.29, 1.82) is 0 Å². The molecule has 0 saturated carbocycles. The monoisotopic (exact) mass is 317 g/mol. The molecule has 0 aliphatic heterocycles. The van der Waals surface area contributed by atoms with Crippen LogP contribution in [0.5, 0.6) is 5.75 Å². The predicted octanol–water partition coefficient (Wildman–Crippen LogP) is 2.76. The summed E-state index contributed by atoms with van der Waals surface area (Å²) in [5.74, 6) is -0.692. The van der Waals surface area contributed by atoms with Gasteiger partial charge in [0.1, 0.15) is 5.69 Å². The van der Waals surface area contributed by atoms with Gasteiger partial charge in [0, 0.05) is 17.7 Å². The van der Waals surface area contributed by atoms with Gasteiger partial charge in [-0.3, -0.25) is 25.0 Å². The van der Waals surface area contributed by atoms with Crippen LogP contribution < -0.4 is 10.1 Å². The Balaban J connectivity index is 2.34. The maximum absolute atomic E-state index is 12.2. The third kappa shape index (κ3) is 3.40. The van der Waals surface area contributed by atoms with Crippen molar-refractivity contribution in [3.8, 4) is 5.75 Å². The van der Waals surface area contributed by atoms with Crippen molar-refractivity contribution in [2.24, 2.45) is 0 Å². The lowest BCUT2D eigenvalue weighted by molar-refractivity contribution is -0.385. The Hall–Kier alpha value is -3.49. The van der Waals surface area contributed by atoms with Gasteiger partial charge in [-0.1, -0.05) is 12.1 Å². The fourth-order valence-corrected chi connectivity index (χ4v) is 1.91. The summed E-state index contributed by atoms with van der Waals surface area (Å²) >= 11 is 0. The van der Waals surface area contributed by atoms with Crippen molar-refractivity contribution >= 4 is 23.0 Å². The average Bonchev–Trinajstić information content (AvgIpc) is 2.54. The van der Waals surface area contributed by atoms with E-state index < -0.39 is 15.8 Å². The number of nitrogens with one attached hydrogen (secondary N) is 1. The number of nitro groups is 2. The number of ether oxygens (including phenoxy) is 1. The summed E-state index contributed by atoms with van der Waals surface area (Å²) in [4.78, 5) is 32.7. The second-order valence-corrected chi connectivity index (χ2v) is 4.37. The number of amides is 1. The number of hydrogen-bond donors (Lipinski definition) is 1. The van der Waals surface area contributed by atoms with Gasteiger partial charge in [0.15, 0.2) is 5.75 Å². The Labute approximate surface area is 129 Å². The van der Waals surface area contributed by atoms with E-state index in [1.807, 2.05) is 0 Å². The lowest BCUT2D eigenvalue weighted by Crippen LogP contribution is -2.13. The molecule has 1 amide bonds. The highest BCUT2D eigenvalue weighted by molar-refractivity contribution is 6.05. The molecule has 0 atom stereocenters. The molecule has 9 heteroatoms. The number of para-hydroxylation sites is 2. The SMILES string of the molecule is COc1ccc(C(=O)Nc2ccccc2[N+](=O)[O-])cc1[N+](=O)[O-]. The number of benzene rings is 2. The second kappa shape index (κ2) is 6.52. The van der Waals surface area contributed by atoms with Gasteiger partial charge in [0.05, 0.1) is 17.0 Å². The van der Waals surface area contributed by atoms with Gasteiger partial charge >= 0.3 is 5.69 Å². The Morgan fingerprint density at radius 2 is 1.70 bits per heavy atom. The molecule has 0 aliphatic carbocycles. The summed E-state index contributed by atoms with van der Waals surface area (Å²) in [6, 6.07) is 9.26.